The molecule has 2 fully saturated rings. The van der Waals surface area contributed by atoms with Crippen LogP contribution in [0.5, 0.6) is 11.5 Å². The number of nitrogens with two attached hydrogens (primary N) is 1. The zero-order valence-corrected chi connectivity index (χ0v) is 17.2. The maximum atomic E-state index is 13.0. The third-order valence-corrected chi connectivity index (χ3v) is 5.97. The molecule has 158 valence electrons. The molecular weight excluding hydrogens is 384 g/mol. The Kier molecular flexibility index (Phi) is 5.53. The molecule has 1 unspecified atom stereocenters. The normalized spacial score (nSPS) is 22.5. The molecule has 0 saturated carbocycles. The molecule has 0 spiro atoms. The fourth-order valence-corrected chi connectivity index (χ4v) is 4.51. The van der Waals surface area contributed by atoms with Crippen molar-refractivity contribution in [1.29, 1.82) is 0 Å². The maximum Gasteiger partial charge on any atom is 0.338 e. The number of methoxy groups -OCH3 is 2. The predicted octanol–water partition coefficient (Wildman–Crippen LogP) is 3.28. The largest absolute Gasteiger partial charge is 0.493 e. The quantitative estimate of drug-likeness (QED) is 0.601. The minimum Gasteiger partial charge on any atom is -0.493 e. The number of carbonyl (C=O) groups excluding carboxylic acids is 2. The van der Waals surface area contributed by atoms with Crippen LogP contribution in [-0.4, -0.2) is 49.2 Å². The molecule has 30 heavy (non-hydrogen) atoms. The molecule has 0 aromatic heterocycles. The number of hydrogen-bond acceptors (Lipinski definition) is 6. The van der Waals surface area contributed by atoms with Gasteiger partial charge in [-0.3, -0.25) is 4.79 Å². The van der Waals surface area contributed by atoms with Gasteiger partial charge in [-0.15, -0.1) is 0 Å². The summed E-state index contributed by atoms with van der Waals surface area (Å²) in [6.45, 7) is 0. The van der Waals surface area contributed by atoms with Crippen LogP contribution in [-0.2, 0) is 4.74 Å². The first-order valence-electron chi connectivity index (χ1n) is 10.1. The number of carbonyl (C=O) groups is 2. The van der Waals surface area contributed by atoms with Gasteiger partial charge in [-0.2, -0.15) is 0 Å². The van der Waals surface area contributed by atoms with Crippen molar-refractivity contribution in [3.8, 4) is 11.5 Å². The summed E-state index contributed by atoms with van der Waals surface area (Å²) in [6.07, 6.45) is 2.94. The third-order valence-electron chi connectivity index (χ3n) is 5.97. The van der Waals surface area contributed by atoms with Crippen molar-refractivity contribution in [2.75, 3.05) is 20.0 Å². The van der Waals surface area contributed by atoms with Crippen LogP contribution in [0.15, 0.2) is 42.5 Å². The molecule has 2 bridgehead atoms. The second-order valence-electron chi connectivity index (χ2n) is 7.79. The minimum atomic E-state index is -0.390. The molecule has 1 amide bonds. The summed E-state index contributed by atoms with van der Waals surface area (Å²) in [5, 5.41) is 0. The number of esters is 1. The number of rotatable bonds is 5. The van der Waals surface area contributed by atoms with Crippen LogP contribution in [0.3, 0.4) is 0 Å². The highest BCUT2D eigenvalue weighted by Gasteiger charge is 2.44. The minimum absolute atomic E-state index is 0.0205. The first-order chi connectivity index (χ1) is 14.5. The van der Waals surface area contributed by atoms with Crippen molar-refractivity contribution in [2.45, 2.75) is 43.9 Å². The van der Waals surface area contributed by atoms with Gasteiger partial charge in [0.05, 0.1) is 19.8 Å². The number of nitrogen functional groups attached to an aromatic ring is 1. The number of hydrogen-bond donors (Lipinski definition) is 1. The van der Waals surface area contributed by atoms with Gasteiger partial charge in [-0.05, 0) is 55.3 Å². The highest BCUT2D eigenvalue weighted by molar-refractivity contribution is 5.95. The molecule has 0 aliphatic carbocycles. The van der Waals surface area contributed by atoms with Gasteiger partial charge < -0.3 is 24.8 Å². The Morgan fingerprint density at radius 3 is 2.10 bits per heavy atom. The number of piperidine rings is 1. The Labute approximate surface area is 175 Å². The molecule has 4 rings (SSSR count). The summed E-state index contributed by atoms with van der Waals surface area (Å²) in [5.74, 6) is 0.670. The van der Waals surface area contributed by atoms with Crippen LogP contribution in [0.4, 0.5) is 5.69 Å². The van der Waals surface area contributed by atoms with E-state index >= 15 is 0 Å². The molecule has 7 nitrogen and oxygen atoms in total. The SMILES string of the molecule is COc1ccc(C(=O)OC2C[C@H]3CC[C@@H](C2)N3C(=O)c2ccc(N)cc2)cc1OC. The fourth-order valence-electron chi connectivity index (χ4n) is 4.51. The van der Waals surface area contributed by atoms with E-state index in [0.717, 1.165) is 12.8 Å². The van der Waals surface area contributed by atoms with E-state index in [1.54, 1.807) is 49.6 Å². The second kappa shape index (κ2) is 8.26. The Bertz CT molecular complexity index is 929. The number of fused-ring (bicyclic) bond motifs is 2. The Balaban J connectivity index is 1.43. The lowest BCUT2D eigenvalue weighted by Crippen LogP contribution is -2.48. The van der Waals surface area contributed by atoms with E-state index in [-0.39, 0.29) is 24.1 Å². The lowest BCUT2D eigenvalue weighted by molar-refractivity contribution is -0.00280. The van der Waals surface area contributed by atoms with E-state index in [0.29, 0.717) is 41.2 Å². The van der Waals surface area contributed by atoms with Crippen molar-refractivity contribution in [2.24, 2.45) is 0 Å². The van der Waals surface area contributed by atoms with Gasteiger partial charge in [0, 0.05) is 36.2 Å². The molecule has 2 aliphatic heterocycles. The maximum absolute atomic E-state index is 13.0. The number of nitrogens with zero attached hydrogens (tertiary/aromatic N) is 1. The molecule has 2 aromatic rings. The molecule has 3 atom stereocenters. The van der Waals surface area contributed by atoms with Crippen LogP contribution in [0.1, 0.15) is 46.4 Å². The smallest absolute Gasteiger partial charge is 0.338 e. The number of anilines is 1. The average molecular weight is 410 g/mol. The summed E-state index contributed by atoms with van der Waals surface area (Å²) in [6, 6.07) is 12.1. The van der Waals surface area contributed by atoms with Crippen LogP contribution in [0.2, 0.25) is 0 Å². The standard InChI is InChI=1S/C23H26N2O5/c1-28-20-10-5-15(11-21(20)29-2)23(27)30-19-12-17-8-9-18(13-19)25(17)22(26)14-3-6-16(24)7-4-14/h3-7,10-11,17-19H,8-9,12-13,24H2,1-2H3/t17-,18+,19?. The van der Waals surface area contributed by atoms with Gasteiger partial charge in [0.2, 0.25) is 0 Å². The molecule has 2 saturated heterocycles. The summed E-state index contributed by atoms with van der Waals surface area (Å²) in [5.41, 5.74) is 7.42. The van der Waals surface area contributed by atoms with Gasteiger partial charge in [0.1, 0.15) is 6.10 Å². The van der Waals surface area contributed by atoms with Crippen molar-refractivity contribution in [3.05, 3.63) is 53.6 Å². The van der Waals surface area contributed by atoms with Crippen LogP contribution < -0.4 is 15.2 Å². The number of benzene rings is 2. The van der Waals surface area contributed by atoms with Gasteiger partial charge in [0.25, 0.3) is 5.91 Å². The predicted molar refractivity (Wildman–Crippen MR) is 112 cm³/mol. The van der Waals surface area contributed by atoms with Crippen LogP contribution >= 0.6 is 0 Å². The van der Waals surface area contributed by atoms with E-state index in [9.17, 15) is 9.59 Å². The summed E-state index contributed by atoms with van der Waals surface area (Å²) in [4.78, 5) is 27.6. The summed E-state index contributed by atoms with van der Waals surface area (Å²) < 4.78 is 16.3. The summed E-state index contributed by atoms with van der Waals surface area (Å²) >= 11 is 0. The van der Waals surface area contributed by atoms with E-state index in [2.05, 4.69) is 0 Å². The monoisotopic (exact) mass is 410 g/mol. The van der Waals surface area contributed by atoms with Gasteiger partial charge in [-0.25, -0.2) is 4.79 Å². The number of amides is 1. The summed E-state index contributed by atoms with van der Waals surface area (Å²) in [7, 11) is 3.07. The molecule has 7 heteroatoms. The lowest BCUT2D eigenvalue weighted by Gasteiger charge is -2.38. The topological polar surface area (TPSA) is 91.1 Å². The first-order valence-corrected chi connectivity index (χ1v) is 10.1. The third kappa shape index (κ3) is 3.79. The van der Waals surface area contributed by atoms with Crippen molar-refractivity contribution < 1.29 is 23.8 Å². The highest BCUT2D eigenvalue weighted by Crippen LogP contribution is 2.38. The van der Waals surface area contributed by atoms with Crippen LogP contribution in [0, 0.1) is 0 Å². The Hall–Kier alpha value is -3.22. The Morgan fingerprint density at radius 2 is 1.50 bits per heavy atom. The molecule has 2 N–H and O–H groups in total. The molecule has 2 aromatic carbocycles. The van der Waals surface area contributed by atoms with E-state index in [1.165, 1.54) is 7.11 Å². The zero-order valence-electron chi connectivity index (χ0n) is 17.2. The van der Waals surface area contributed by atoms with Crippen molar-refractivity contribution >= 4 is 17.6 Å². The van der Waals surface area contributed by atoms with Gasteiger partial charge in [0.15, 0.2) is 11.5 Å². The van der Waals surface area contributed by atoms with Crippen molar-refractivity contribution in [1.82, 2.24) is 4.90 Å². The second-order valence-corrected chi connectivity index (χ2v) is 7.79. The van der Waals surface area contributed by atoms with Crippen LogP contribution in [0.25, 0.3) is 0 Å². The van der Waals surface area contributed by atoms with E-state index < -0.39 is 5.97 Å². The van der Waals surface area contributed by atoms with Gasteiger partial charge >= 0.3 is 5.97 Å². The number of ether oxygens (including phenoxy) is 3. The Morgan fingerprint density at radius 1 is 0.900 bits per heavy atom. The average Bonchev–Trinajstić information content (AvgIpc) is 3.03. The highest BCUT2D eigenvalue weighted by atomic mass is 16.5. The first kappa shape index (κ1) is 20.1. The molecular formula is C23H26N2O5. The lowest BCUT2D eigenvalue weighted by atomic mass is 9.98. The molecule has 2 heterocycles. The van der Waals surface area contributed by atoms with E-state index in [1.807, 2.05) is 4.90 Å². The van der Waals surface area contributed by atoms with Crippen molar-refractivity contribution in [3.63, 3.8) is 0 Å². The van der Waals surface area contributed by atoms with Gasteiger partial charge in [-0.1, -0.05) is 0 Å². The molecule has 2 aliphatic rings. The molecule has 0 radical (unpaired) electrons. The fraction of sp³-hybridized carbons (Fsp3) is 0.391. The van der Waals surface area contributed by atoms with E-state index in [4.69, 9.17) is 19.9 Å². The zero-order chi connectivity index (χ0) is 21.3.